The molecule has 0 fully saturated rings. The Kier molecular flexibility index (Phi) is 6.49. The van der Waals surface area contributed by atoms with E-state index in [0.717, 1.165) is 27.4 Å². The molecule has 2 heterocycles. The summed E-state index contributed by atoms with van der Waals surface area (Å²) in [5, 5.41) is 7.47. The molecule has 8 nitrogen and oxygen atoms in total. The molecule has 4 rings (SSSR count). The number of H-pyrrole nitrogens is 2. The van der Waals surface area contributed by atoms with E-state index in [1.54, 1.807) is 13.2 Å². The molecule has 0 saturated heterocycles. The molecule has 178 valence electrons. The predicted octanol–water partition coefficient (Wildman–Crippen LogP) is 4.51. The van der Waals surface area contributed by atoms with Crippen LogP contribution in [0.5, 0.6) is 11.5 Å². The first-order chi connectivity index (χ1) is 16.2. The molecule has 8 heteroatoms. The number of ether oxygens (including phenoxy) is 2. The number of methoxy groups -OCH3 is 1. The van der Waals surface area contributed by atoms with Gasteiger partial charge in [0, 0.05) is 33.9 Å². The van der Waals surface area contributed by atoms with Crippen LogP contribution in [0.3, 0.4) is 0 Å². The van der Waals surface area contributed by atoms with Gasteiger partial charge in [0.2, 0.25) is 0 Å². The van der Waals surface area contributed by atoms with Crippen LogP contribution in [-0.4, -0.2) is 41.0 Å². The zero-order chi connectivity index (χ0) is 24.4. The van der Waals surface area contributed by atoms with E-state index >= 15 is 0 Å². The van der Waals surface area contributed by atoms with Gasteiger partial charge in [-0.3, -0.25) is 9.59 Å². The number of fused-ring (bicyclic) bond motifs is 2. The molecule has 0 aliphatic rings. The van der Waals surface area contributed by atoms with Crippen molar-refractivity contribution in [1.82, 2.24) is 20.6 Å². The number of hydrogen-bond donors (Lipinski definition) is 4. The summed E-state index contributed by atoms with van der Waals surface area (Å²) in [6.07, 6.45) is 0. The predicted molar refractivity (Wildman–Crippen MR) is 133 cm³/mol. The molecular formula is C26H30N4O4. The molecule has 0 spiro atoms. The van der Waals surface area contributed by atoms with Crippen molar-refractivity contribution >= 4 is 33.6 Å². The topological polar surface area (TPSA) is 108 Å². The third-order valence-electron chi connectivity index (χ3n) is 5.36. The zero-order valence-electron chi connectivity index (χ0n) is 20.0. The number of aromatic amines is 2. The van der Waals surface area contributed by atoms with Crippen molar-refractivity contribution in [2.45, 2.75) is 46.4 Å². The highest BCUT2D eigenvalue weighted by molar-refractivity contribution is 6.00. The Balaban J connectivity index is 1.64. The van der Waals surface area contributed by atoms with E-state index in [4.69, 9.17) is 9.47 Å². The fourth-order valence-electron chi connectivity index (χ4n) is 3.85. The number of carbonyl (C=O) groups excluding carboxylic acids is 2. The van der Waals surface area contributed by atoms with Crippen molar-refractivity contribution in [2.24, 2.45) is 0 Å². The second-order valence-corrected chi connectivity index (χ2v) is 8.88. The highest BCUT2D eigenvalue weighted by atomic mass is 16.5. The van der Waals surface area contributed by atoms with Crippen LogP contribution >= 0.6 is 0 Å². The smallest absolute Gasteiger partial charge is 0.267 e. The second-order valence-electron chi connectivity index (χ2n) is 8.88. The van der Waals surface area contributed by atoms with Crippen molar-refractivity contribution in [3.05, 3.63) is 59.4 Å². The maximum absolute atomic E-state index is 12.5. The zero-order valence-corrected chi connectivity index (χ0v) is 20.0. The third-order valence-corrected chi connectivity index (χ3v) is 5.36. The van der Waals surface area contributed by atoms with Gasteiger partial charge in [-0.15, -0.1) is 0 Å². The Morgan fingerprint density at radius 2 is 1.59 bits per heavy atom. The Hall–Kier alpha value is -3.94. The molecule has 2 aromatic heterocycles. The number of benzene rings is 2. The summed E-state index contributed by atoms with van der Waals surface area (Å²) >= 11 is 0. The molecule has 4 aromatic rings. The van der Waals surface area contributed by atoms with E-state index in [0.29, 0.717) is 22.9 Å². The quantitative estimate of drug-likeness (QED) is 0.309. The molecule has 34 heavy (non-hydrogen) atoms. The van der Waals surface area contributed by atoms with E-state index in [2.05, 4.69) is 20.6 Å². The van der Waals surface area contributed by atoms with Crippen LogP contribution in [0.15, 0.2) is 42.5 Å². The minimum atomic E-state index is -0.165. The third kappa shape index (κ3) is 4.85. The van der Waals surface area contributed by atoms with Crippen LogP contribution in [0, 0.1) is 0 Å². The lowest BCUT2D eigenvalue weighted by atomic mass is 10.1. The molecule has 0 unspecified atom stereocenters. The van der Waals surface area contributed by atoms with Gasteiger partial charge in [-0.2, -0.15) is 0 Å². The lowest BCUT2D eigenvalue weighted by molar-refractivity contribution is 0.0930. The minimum absolute atomic E-state index is 0.0330. The van der Waals surface area contributed by atoms with E-state index in [1.807, 2.05) is 64.1 Å². The molecule has 0 aliphatic heterocycles. The van der Waals surface area contributed by atoms with E-state index in [9.17, 15) is 9.59 Å². The Morgan fingerprint density at radius 3 is 2.24 bits per heavy atom. The van der Waals surface area contributed by atoms with Gasteiger partial charge in [-0.05, 0) is 64.1 Å². The number of rotatable bonds is 8. The van der Waals surface area contributed by atoms with Gasteiger partial charge in [0.1, 0.15) is 29.5 Å². The molecule has 0 radical (unpaired) electrons. The number of amides is 2. The van der Waals surface area contributed by atoms with Gasteiger partial charge in [0.25, 0.3) is 11.8 Å². The summed E-state index contributed by atoms with van der Waals surface area (Å²) in [5.74, 6) is 0.998. The second kappa shape index (κ2) is 9.51. The Labute approximate surface area is 198 Å². The SMILES string of the molecule is COc1cc(COc2cccc3[nH]c(C(=O)NC(C)C)cc23)c2[nH]c(C(=O)NC(C)C)cc2c1. The number of aromatic nitrogens is 2. The fraction of sp³-hybridized carbons (Fsp3) is 0.308. The van der Waals surface area contributed by atoms with Gasteiger partial charge in [0.15, 0.2) is 0 Å². The van der Waals surface area contributed by atoms with Gasteiger partial charge in [-0.1, -0.05) is 6.07 Å². The molecule has 0 saturated carbocycles. The van der Waals surface area contributed by atoms with Gasteiger partial charge < -0.3 is 30.1 Å². The molecule has 2 aromatic carbocycles. The molecule has 0 aliphatic carbocycles. The average Bonchev–Trinajstić information content (AvgIpc) is 3.41. The van der Waals surface area contributed by atoms with Gasteiger partial charge in [-0.25, -0.2) is 0 Å². The van der Waals surface area contributed by atoms with Crippen LogP contribution in [0.25, 0.3) is 21.8 Å². The minimum Gasteiger partial charge on any atom is -0.497 e. The van der Waals surface area contributed by atoms with E-state index in [-0.39, 0.29) is 30.5 Å². The largest absolute Gasteiger partial charge is 0.497 e. The summed E-state index contributed by atoms with van der Waals surface area (Å²) < 4.78 is 11.7. The van der Waals surface area contributed by atoms with Crippen molar-refractivity contribution < 1.29 is 19.1 Å². The Bertz CT molecular complexity index is 1350. The average molecular weight is 463 g/mol. The first-order valence-electron chi connectivity index (χ1n) is 11.3. The lowest BCUT2D eigenvalue weighted by Gasteiger charge is -2.10. The molecule has 2 amide bonds. The van der Waals surface area contributed by atoms with E-state index < -0.39 is 0 Å². The summed E-state index contributed by atoms with van der Waals surface area (Å²) in [6, 6.07) is 13.1. The maximum Gasteiger partial charge on any atom is 0.267 e. The Morgan fingerprint density at radius 1 is 0.912 bits per heavy atom. The highest BCUT2D eigenvalue weighted by Gasteiger charge is 2.16. The van der Waals surface area contributed by atoms with Crippen LogP contribution in [0.1, 0.15) is 54.2 Å². The molecule has 0 bridgehead atoms. The maximum atomic E-state index is 12.5. The highest BCUT2D eigenvalue weighted by Crippen LogP contribution is 2.30. The van der Waals surface area contributed by atoms with Gasteiger partial charge in [0.05, 0.1) is 12.6 Å². The molecular weight excluding hydrogens is 432 g/mol. The number of nitrogens with one attached hydrogen (secondary N) is 4. The monoisotopic (exact) mass is 462 g/mol. The number of hydrogen-bond acceptors (Lipinski definition) is 4. The first kappa shape index (κ1) is 23.2. The lowest BCUT2D eigenvalue weighted by Crippen LogP contribution is -2.30. The van der Waals surface area contributed by atoms with Gasteiger partial charge >= 0.3 is 0 Å². The standard InChI is InChI=1S/C26H30N4O4/c1-14(2)27-25(31)21-11-16-9-18(33-5)10-17(24(16)30-21)13-34-23-8-6-7-20-19(23)12-22(29-20)26(32)28-15(3)4/h6-12,14-15,29-30H,13H2,1-5H3,(H,27,31)(H,28,32). The van der Waals surface area contributed by atoms with Crippen molar-refractivity contribution in [3.8, 4) is 11.5 Å². The molecule has 0 atom stereocenters. The van der Waals surface area contributed by atoms with Crippen molar-refractivity contribution in [2.75, 3.05) is 7.11 Å². The van der Waals surface area contributed by atoms with Crippen LogP contribution < -0.4 is 20.1 Å². The van der Waals surface area contributed by atoms with Crippen LogP contribution in [-0.2, 0) is 6.61 Å². The van der Waals surface area contributed by atoms with Crippen LogP contribution in [0.2, 0.25) is 0 Å². The fourth-order valence-corrected chi connectivity index (χ4v) is 3.85. The van der Waals surface area contributed by atoms with E-state index in [1.165, 1.54) is 0 Å². The summed E-state index contributed by atoms with van der Waals surface area (Å²) in [4.78, 5) is 31.3. The van der Waals surface area contributed by atoms with Crippen LogP contribution in [0.4, 0.5) is 0 Å². The summed E-state index contributed by atoms with van der Waals surface area (Å²) in [7, 11) is 1.61. The first-order valence-corrected chi connectivity index (χ1v) is 11.3. The number of carbonyl (C=O) groups is 2. The normalized spacial score (nSPS) is 11.4. The summed E-state index contributed by atoms with van der Waals surface area (Å²) in [5.41, 5.74) is 3.44. The van der Waals surface area contributed by atoms with Crippen molar-refractivity contribution in [1.29, 1.82) is 0 Å². The summed E-state index contributed by atoms with van der Waals surface area (Å²) in [6.45, 7) is 7.92. The van der Waals surface area contributed by atoms with Crippen molar-refractivity contribution in [3.63, 3.8) is 0 Å². The molecule has 4 N–H and O–H groups in total.